The molecule has 0 atom stereocenters. The van der Waals surface area contributed by atoms with Gasteiger partial charge in [0, 0.05) is 30.7 Å². The van der Waals surface area contributed by atoms with Crippen LogP contribution < -0.4 is 10.5 Å². The van der Waals surface area contributed by atoms with E-state index in [1.54, 1.807) is 15.7 Å². The van der Waals surface area contributed by atoms with Crippen molar-refractivity contribution >= 4 is 18.4 Å². The predicted octanol–water partition coefficient (Wildman–Crippen LogP) is 2.78. The summed E-state index contributed by atoms with van der Waals surface area (Å²) in [5.74, 6) is -0.0356. The maximum absolute atomic E-state index is 12.4. The molecule has 6 nitrogen and oxygen atoms in total. The Bertz CT molecular complexity index is 984. The molecule has 1 aromatic heterocycles. The van der Waals surface area contributed by atoms with Gasteiger partial charge in [-0.2, -0.15) is 0 Å². The van der Waals surface area contributed by atoms with Gasteiger partial charge in [-0.1, -0.05) is 49.6 Å². The Labute approximate surface area is 182 Å². The number of benzene rings is 1. The molecule has 2 fully saturated rings. The molecular formula is C23H31N4O2S+. The van der Waals surface area contributed by atoms with Crippen molar-refractivity contribution in [2.24, 2.45) is 4.99 Å². The van der Waals surface area contributed by atoms with Crippen LogP contribution in [0.15, 0.2) is 40.1 Å². The Balaban J connectivity index is 1.43. The second-order valence-corrected chi connectivity index (χ2v) is 8.97. The average molecular weight is 428 g/mol. The fourth-order valence-electron chi connectivity index (χ4n) is 4.75. The Hall–Kier alpha value is -2.25. The first-order chi connectivity index (χ1) is 14.6. The molecule has 1 aliphatic carbocycles. The fraction of sp³-hybridized carbons (Fsp3) is 0.522. The third-order valence-corrected chi connectivity index (χ3v) is 6.77. The lowest BCUT2D eigenvalue weighted by Crippen LogP contribution is -3.12. The third-order valence-electron chi connectivity index (χ3n) is 6.47. The van der Waals surface area contributed by atoms with Gasteiger partial charge in [0.1, 0.15) is 12.1 Å². The minimum absolute atomic E-state index is 0.0356. The molecule has 1 saturated carbocycles. The van der Waals surface area contributed by atoms with Crippen LogP contribution in [0.3, 0.4) is 0 Å². The van der Waals surface area contributed by atoms with Crippen molar-refractivity contribution < 1.29 is 10.0 Å². The maximum Gasteiger partial charge on any atom is 0.264 e. The number of quaternary nitrogens is 1. The second-order valence-electron chi connectivity index (χ2n) is 8.58. The van der Waals surface area contributed by atoms with Gasteiger partial charge in [0.2, 0.25) is 5.88 Å². The SMILES string of the molecule is O=c1[nH]c(=S)n(C2CCCCC2)c(O)c1C=NC1CC[NH+](Cc2ccccc2)CC1. The van der Waals surface area contributed by atoms with E-state index >= 15 is 0 Å². The van der Waals surface area contributed by atoms with Gasteiger partial charge in [-0.3, -0.25) is 19.3 Å². The third kappa shape index (κ3) is 4.90. The topological polar surface area (TPSA) is 74.8 Å². The summed E-state index contributed by atoms with van der Waals surface area (Å²) in [6.45, 7) is 3.16. The number of nitrogens with one attached hydrogen (secondary N) is 2. The molecule has 1 aromatic carbocycles. The lowest BCUT2D eigenvalue weighted by atomic mass is 9.95. The van der Waals surface area contributed by atoms with Crippen molar-refractivity contribution in [1.29, 1.82) is 0 Å². The van der Waals surface area contributed by atoms with Crippen molar-refractivity contribution in [1.82, 2.24) is 9.55 Å². The van der Waals surface area contributed by atoms with Gasteiger partial charge in [-0.15, -0.1) is 0 Å². The van der Waals surface area contributed by atoms with Crippen molar-refractivity contribution in [3.63, 3.8) is 0 Å². The number of likely N-dealkylation sites (tertiary alicyclic amines) is 1. The lowest BCUT2D eigenvalue weighted by Gasteiger charge is -2.27. The zero-order valence-corrected chi connectivity index (χ0v) is 18.2. The smallest absolute Gasteiger partial charge is 0.264 e. The minimum atomic E-state index is -0.361. The number of aromatic hydroxyl groups is 1. The minimum Gasteiger partial charge on any atom is -0.494 e. The summed E-state index contributed by atoms with van der Waals surface area (Å²) >= 11 is 5.34. The highest BCUT2D eigenvalue weighted by Gasteiger charge is 2.23. The standard InChI is InChI=1S/C23H30N4O2S/c28-21-20(22(29)27(23(30)25-21)19-9-5-2-6-10-19)15-24-18-11-13-26(14-12-18)16-17-7-3-1-4-8-17/h1,3-4,7-8,15,18-19,29H,2,5-6,9-14,16H2,(H,25,28,30)/p+1. The quantitative estimate of drug-likeness (QED) is 0.507. The molecule has 0 bridgehead atoms. The average Bonchev–Trinajstić information content (AvgIpc) is 2.76. The van der Waals surface area contributed by atoms with Crippen molar-refractivity contribution in [2.75, 3.05) is 13.1 Å². The van der Waals surface area contributed by atoms with Crippen LogP contribution in [0.4, 0.5) is 0 Å². The summed E-state index contributed by atoms with van der Waals surface area (Å²) in [6.07, 6.45) is 8.96. The molecule has 1 aliphatic heterocycles. The lowest BCUT2D eigenvalue weighted by molar-refractivity contribution is -0.918. The van der Waals surface area contributed by atoms with Gasteiger partial charge in [0.15, 0.2) is 4.77 Å². The van der Waals surface area contributed by atoms with Gasteiger partial charge < -0.3 is 10.0 Å². The summed E-state index contributed by atoms with van der Waals surface area (Å²) in [7, 11) is 0. The zero-order chi connectivity index (χ0) is 20.9. The molecule has 30 heavy (non-hydrogen) atoms. The number of nitrogens with zero attached hydrogens (tertiary/aromatic N) is 2. The number of H-pyrrole nitrogens is 1. The molecule has 0 radical (unpaired) electrons. The number of piperidine rings is 1. The Morgan fingerprint density at radius 2 is 1.83 bits per heavy atom. The molecule has 160 valence electrons. The number of aromatic amines is 1. The molecule has 0 amide bonds. The monoisotopic (exact) mass is 427 g/mol. The Morgan fingerprint density at radius 3 is 2.53 bits per heavy atom. The van der Waals surface area contributed by atoms with Crippen LogP contribution in [0.25, 0.3) is 0 Å². The Kier molecular flexibility index (Phi) is 6.79. The Morgan fingerprint density at radius 1 is 1.13 bits per heavy atom. The highest BCUT2D eigenvalue weighted by Crippen LogP contribution is 2.31. The van der Waals surface area contributed by atoms with Crippen LogP contribution >= 0.6 is 12.2 Å². The van der Waals surface area contributed by atoms with Crippen LogP contribution in [-0.4, -0.2) is 40.0 Å². The number of aliphatic imine (C=N–C) groups is 1. The van der Waals surface area contributed by atoms with Gasteiger partial charge in [-0.25, -0.2) is 0 Å². The first kappa shape index (κ1) is 21.0. The van der Waals surface area contributed by atoms with E-state index < -0.39 is 0 Å². The van der Waals surface area contributed by atoms with E-state index in [2.05, 4.69) is 34.2 Å². The van der Waals surface area contributed by atoms with E-state index in [0.717, 1.165) is 58.2 Å². The van der Waals surface area contributed by atoms with E-state index in [-0.39, 0.29) is 29.1 Å². The van der Waals surface area contributed by atoms with E-state index in [0.29, 0.717) is 4.77 Å². The number of rotatable bonds is 5. The largest absolute Gasteiger partial charge is 0.494 e. The second kappa shape index (κ2) is 9.71. The van der Waals surface area contributed by atoms with E-state index in [1.165, 1.54) is 12.0 Å². The molecular weight excluding hydrogens is 396 g/mol. The predicted molar refractivity (Wildman–Crippen MR) is 121 cm³/mol. The van der Waals surface area contributed by atoms with Crippen LogP contribution in [-0.2, 0) is 6.54 Å². The van der Waals surface area contributed by atoms with Gasteiger partial charge in [0.25, 0.3) is 5.56 Å². The highest BCUT2D eigenvalue weighted by atomic mass is 32.1. The molecule has 2 aromatic rings. The molecule has 0 spiro atoms. The molecule has 4 rings (SSSR count). The molecule has 7 heteroatoms. The van der Waals surface area contributed by atoms with Gasteiger partial charge in [0.05, 0.1) is 19.1 Å². The molecule has 2 heterocycles. The van der Waals surface area contributed by atoms with E-state index in [4.69, 9.17) is 12.2 Å². The summed E-state index contributed by atoms with van der Waals surface area (Å²) in [5.41, 5.74) is 1.23. The summed E-state index contributed by atoms with van der Waals surface area (Å²) in [4.78, 5) is 21.4. The first-order valence-corrected chi connectivity index (χ1v) is 11.5. The van der Waals surface area contributed by atoms with Crippen molar-refractivity contribution in [3.8, 4) is 5.88 Å². The molecule has 3 N–H and O–H groups in total. The van der Waals surface area contributed by atoms with Gasteiger partial charge >= 0.3 is 0 Å². The van der Waals surface area contributed by atoms with Crippen LogP contribution in [0, 0.1) is 4.77 Å². The van der Waals surface area contributed by atoms with Crippen molar-refractivity contribution in [2.45, 2.75) is 63.6 Å². The maximum atomic E-state index is 12.4. The summed E-state index contributed by atoms with van der Waals surface area (Å²) in [6, 6.07) is 10.9. The van der Waals surface area contributed by atoms with E-state index in [1.807, 2.05) is 6.07 Å². The highest BCUT2D eigenvalue weighted by molar-refractivity contribution is 7.71. The van der Waals surface area contributed by atoms with Crippen LogP contribution in [0.1, 0.15) is 62.1 Å². The fourth-order valence-corrected chi connectivity index (χ4v) is 5.08. The number of hydrogen-bond acceptors (Lipinski definition) is 4. The van der Waals surface area contributed by atoms with Crippen LogP contribution in [0.5, 0.6) is 5.88 Å². The molecule has 0 unspecified atom stereocenters. The van der Waals surface area contributed by atoms with Crippen molar-refractivity contribution in [3.05, 3.63) is 56.6 Å². The normalized spacial score (nSPS) is 23.1. The van der Waals surface area contributed by atoms with Crippen LogP contribution in [0.2, 0.25) is 0 Å². The van der Waals surface area contributed by atoms with Gasteiger partial charge in [-0.05, 0) is 25.1 Å². The number of aromatic nitrogens is 2. The zero-order valence-electron chi connectivity index (χ0n) is 17.3. The molecule has 1 saturated heterocycles. The summed E-state index contributed by atoms with van der Waals surface area (Å²) < 4.78 is 2.03. The van der Waals surface area contributed by atoms with E-state index in [9.17, 15) is 9.90 Å². The summed E-state index contributed by atoms with van der Waals surface area (Å²) in [5, 5.41) is 10.8. The number of hydrogen-bond donors (Lipinski definition) is 3. The molecule has 2 aliphatic rings. The first-order valence-electron chi connectivity index (χ1n) is 11.1.